The summed E-state index contributed by atoms with van der Waals surface area (Å²) in [7, 11) is 1.67. The lowest BCUT2D eigenvalue weighted by atomic mass is 9.79. The van der Waals surface area contributed by atoms with Crippen molar-refractivity contribution < 1.29 is 9.53 Å². The van der Waals surface area contributed by atoms with Crippen LogP contribution in [0.4, 0.5) is 0 Å². The Balaban J connectivity index is 2.61. The minimum absolute atomic E-state index is 0.107. The van der Waals surface area contributed by atoms with Crippen molar-refractivity contribution in [1.82, 2.24) is 4.90 Å². The van der Waals surface area contributed by atoms with Gasteiger partial charge >= 0.3 is 0 Å². The van der Waals surface area contributed by atoms with Crippen LogP contribution in [0.1, 0.15) is 40.0 Å². The molecule has 1 aliphatic carbocycles. The summed E-state index contributed by atoms with van der Waals surface area (Å²) < 4.78 is 5.14. The van der Waals surface area contributed by atoms with E-state index in [1.165, 1.54) is 0 Å². The fourth-order valence-corrected chi connectivity index (χ4v) is 2.83. The Bertz CT molecular complexity index is 271. The zero-order valence-corrected chi connectivity index (χ0v) is 12.2. The lowest BCUT2D eigenvalue weighted by molar-refractivity contribution is -0.140. The number of likely N-dealkylation sites (N-methyl/N-ethyl adjacent to an activating group) is 1. The first-order chi connectivity index (χ1) is 8.51. The topological polar surface area (TPSA) is 55.6 Å². The van der Waals surface area contributed by atoms with Gasteiger partial charge < -0.3 is 15.4 Å². The van der Waals surface area contributed by atoms with Gasteiger partial charge in [-0.2, -0.15) is 0 Å². The van der Waals surface area contributed by atoms with Crippen LogP contribution < -0.4 is 5.73 Å². The van der Waals surface area contributed by atoms with E-state index in [1.54, 1.807) is 7.11 Å². The molecule has 4 heteroatoms. The molecule has 4 atom stereocenters. The second-order valence-corrected chi connectivity index (χ2v) is 5.58. The fourth-order valence-electron chi connectivity index (χ4n) is 2.83. The van der Waals surface area contributed by atoms with Gasteiger partial charge in [-0.1, -0.05) is 6.92 Å². The van der Waals surface area contributed by atoms with Crippen LogP contribution in [-0.2, 0) is 9.53 Å². The first-order valence-electron chi connectivity index (χ1n) is 7.06. The van der Waals surface area contributed by atoms with E-state index in [1.807, 2.05) is 18.7 Å². The third kappa shape index (κ3) is 3.69. The summed E-state index contributed by atoms with van der Waals surface area (Å²) in [6.45, 7) is 7.57. The van der Waals surface area contributed by atoms with E-state index >= 15 is 0 Å². The molecule has 0 spiro atoms. The van der Waals surface area contributed by atoms with Crippen molar-refractivity contribution in [2.45, 2.75) is 52.1 Å². The molecule has 0 aromatic heterocycles. The van der Waals surface area contributed by atoms with Gasteiger partial charge in [0.1, 0.15) is 0 Å². The first kappa shape index (κ1) is 15.4. The molecule has 1 amide bonds. The van der Waals surface area contributed by atoms with E-state index in [9.17, 15) is 4.79 Å². The van der Waals surface area contributed by atoms with Crippen molar-refractivity contribution >= 4 is 5.91 Å². The van der Waals surface area contributed by atoms with E-state index in [4.69, 9.17) is 10.5 Å². The summed E-state index contributed by atoms with van der Waals surface area (Å²) in [5.41, 5.74) is 6.09. The number of hydrogen-bond acceptors (Lipinski definition) is 3. The van der Waals surface area contributed by atoms with Crippen molar-refractivity contribution in [3.63, 3.8) is 0 Å². The number of methoxy groups -OCH3 is 1. The monoisotopic (exact) mass is 256 g/mol. The highest BCUT2D eigenvalue weighted by atomic mass is 16.5. The maximum atomic E-state index is 12.5. The smallest absolute Gasteiger partial charge is 0.226 e. The minimum atomic E-state index is 0.107. The second kappa shape index (κ2) is 7.10. The molecule has 0 saturated heterocycles. The number of nitrogens with zero attached hydrogens (tertiary/aromatic N) is 1. The molecule has 0 aromatic carbocycles. The maximum Gasteiger partial charge on any atom is 0.226 e. The SMILES string of the molecule is CCN(C(=O)C1CCC(C)C(N)C1)C(C)COC. The number of nitrogens with two attached hydrogens (primary N) is 1. The van der Waals surface area contributed by atoms with Crippen LogP contribution in [0.15, 0.2) is 0 Å². The lowest BCUT2D eigenvalue weighted by Crippen LogP contribution is -2.47. The first-order valence-corrected chi connectivity index (χ1v) is 7.06. The molecule has 0 radical (unpaired) electrons. The lowest BCUT2D eigenvalue weighted by Gasteiger charge is -2.36. The Labute approximate surface area is 111 Å². The predicted octanol–water partition coefficient (Wildman–Crippen LogP) is 1.63. The standard InChI is InChI=1S/C14H28N2O2/c1-5-16(11(3)9-18-4)14(17)12-7-6-10(2)13(15)8-12/h10-13H,5-9,15H2,1-4H3. The van der Waals surface area contributed by atoms with Crippen LogP contribution in [0, 0.1) is 11.8 Å². The third-order valence-electron chi connectivity index (χ3n) is 4.17. The largest absolute Gasteiger partial charge is 0.383 e. The van der Waals surface area contributed by atoms with Crippen molar-refractivity contribution in [3.8, 4) is 0 Å². The number of carbonyl (C=O) groups is 1. The molecular weight excluding hydrogens is 228 g/mol. The average molecular weight is 256 g/mol. The Kier molecular flexibility index (Phi) is 6.09. The normalized spacial score (nSPS) is 29.9. The van der Waals surface area contributed by atoms with Crippen LogP contribution in [0.2, 0.25) is 0 Å². The van der Waals surface area contributed by atoms with Gasteiger partial charge in [0.05, 0.1) is 12.6 Å². The predicted molar refractivity (Wildman–Crippen MR) is 73.2 cm³/mol. The van der Waals surface area contributed by atoms with Crippen molar-refractivity contribution in [1.29, 1.82) is 0 Å². The molecule has 4 nitrogen and oxygen atoms in total. The van der Waals surface area contributed by atoms with Crippen LogP contribution in [0.5, 0.6) is 0 Å². The number of amides is 1. The molecule has 2 N–H and O–H groups in total. The van der Waals surface area contributed by atoms with Gasteiger partial charge in [0.25, 0.3) is 0 Å². The molecular formula is C14H28N2O2. The Morgan fingerprint density at radius 1 is 1.50 bits per heavy atom. The summed E-state index contributed by atoms with van der Waals surface area (Å²) in [5, 5.41) is 0. The Hall–Kier alpha value is -0.610. The van der Waals surface area contributed by atoms with Crippen molar-refractivity contribution in [2.75, 3.05) is 20.3 Å². The molecule has 0 heterocycles. The molecule has 106 valence electrons. The van der Waals surface area contributed by atoms with E-state index in [2.05, 4.69) is 6.92 Å². The average Bonchev–Trinajstić information content (AvgIpc) is 2.33. The van der Waals surface area contributed by atoms with Gasteiger partial charge in [-0.3, -0.25) is 4.79 Å². The van der Waals surface area contributed by atoms with E-state index in [-0.39, 0.29) is 23.9 Å². The van der Waals surface area contributed by atoms with Gasteiger partial charge in [0.2, 0.25) is 5.91 Å². The van der Waals surface area contributed by atoms with Crippen LogP contribution in [0.25, 0.3) is 0 Å². The Morgan fingerprint density at radius 3 is 2.67 bits per heavy atom. The van der Waals surface area contributed by atoms with Crippen LogP contribution >= 0.6 is 0 Å². The second-order valence-electron chi connectivity index (χ2n) is 5.58. The quantitative estimate of drug-likeness (QED) is 0.813. The Morgan fingerprint density at radius 2 is 2.17 bits per heavy atom. The highest BCUT2D eigenvalue weighted by Gasteiger charge is 2.33. The highest BCUT2D eigenvalue weighted by molar-refractivity contribution is 5.79. The highest BCUT2D eigenvalue weighted by Crippen LogP contribution is 2.29. The number of carbonyl (C=O) groups excluding carboxylic acids is 1. The maximum absolute atomic E-state index is 12.5. The summed E-state index contributed by atoms with van der Waals surface area (Å²) in [6, 6.07) is 0.312. The van der Waals surface area contributed by atoms with Gasteiger partial charge in [-0.05, 0) is 39.0 Å². The van der Waals surface area contributed by atoms with Crippen molar-refractivity contribution in [3.05, 3.63) is 0 Å². The summed E-state index contributed by atoms with van der Waals surface area (Å²) >= 11 is 0. The number of hydrogen-bond donors (Lipinski definition) is 1. The van der Waals surface area contributed by atoms with E-state index in [0.29, 0.717) is 12.5 Å². The molecule has 18 heavy (non-hydrogen) atoms. The molecule has 1 aliphatic rings. The molecule has 0 aliphatic heterocycles. The molecule has 0 bridgehead atoms. The van der Waals surface area contributed by atoms with Crippen LogP contribution in [0.3, 0.4) is 0 Å². The molecule has 4 unspecified atom stereocenters. The van der Waals surface area contributed by atoms with Crippen molar-refractivity contribution in [2.24, 2.45) is 17.6 Å². The number of ether oxygens (including phenoxy) is 1. The minimum Gasteiger partial charge on any atom is -0.383 e. The summed E-state index contributed by atoms with van der Waals surface area (Å²) in [6.07, 6.45) is 2.87. The fraction of sp³-hybridized carbons (Fsp3) is 0.929. The number of rotatable bonds is 5. The van der Waals surface area contributed by atoms with Crippen LogP contribution in [-0.4, -0.2) is 43.2 Å². The molecule has 0 aromatic rings. The molecule has 1 fully saturated rings. The van der Waals surface area contributed by atoms with Gasteiger partial charge in [0, 0.05) is 25.6 Å². The molecule has 1 rings (SSSR count). The summed E-state index contributed by atoms with van der Waals surface area (Å²) in [5.74, 6) is 0.903. The summed E-state index contributed by atoms with van der Waals surface area (Å²) in [4.78, 5) is 14.4. The zero-order chi connectivity index (χ0) is 13.7. The van der Waals surface area contributed by atoms with Gasteiger partial charge in [-0.15, -0.1) is 0 Å². The van der Waals surface area contributed by atoms with E-state index < -0.39 is 0 Å². The third-order valence-corrected chi connectivity index (χ3v) is 4.17. The van der Waals surface area contributed by atoms with Gasteiger partial charge in [0.15, 0.2) is 0 Å². The van der Waals surface area contributed by atoms with Gasteiger partial charge in [-0.25, -0.2) is 0 Å². The zero-order valence-electron chi connectivity index (χ0n) is 12.2. The molecule has 1 saturated carbocycles. The van der Waals surface area contributed by atoms with E-state index in [0.717, 1.165) is 25.8 Å².